The average Bonchev–Trinajstić information content (AvgIpc) is 2.53. The van der Waals surface area contributed by atoms with E-state index < -0.39 is 0 Å². The van der Waals surface area contributed by atoms with E-state index in [1.54, 1.807) is 12.1 Å². The van der Waals surface area contributed by atoms with Gasteiger partial charge in [0.2, 0.25) is 5.88 Å². The molecule has 1 saturated heterocycles. The fourth-order valence-corrected chi connectivity index (χ4v) is 2.58. The monoisotopic (exact) mass is 282 g/mol. The van der Waals surface area contributed by atoms with E-state index in [1.807, 2.05) is 13.0 Å². The van der Waals surface area contributed by atoms with Crippen molar-refractivity contribution in [3.63, 3.8) is 0 Å². The van der Waals surface area contributed by atoms with E-state index >= 15 is 0 Å². The molecule has 0 bridgehead atoms. The highest BCUT2D eigenvalue weighted by atomic mass is 16.5. The first-order valence-electron chi connectivity index (χ1n) is 7.28. The van der Waals surface area contributed by atoms with Crippen LogP contribution in [0.3, 0.4) is 0 Å². The van der Waals surface area contributed by atoms with Gasteiger partial charge in [-0.05, 0) is 57.0 Å². The molecule has 0 radical (unpaired) electrons. The summed E-state index contributed by atoms with van der Waals surface area (Å²) >= 11 is 0. The Balaban J connectivity index is 1.79. The fourth-order valence-electron chi connectivity index (χ4n) is 2.58. The molecule has 1 N–H and O–H groups in total. The molecule has 2 aromatic rings. The normalized spacial score (nSPS) is 15.8. The number of benzene rings is 1. The van der Waals surface area contributed by atoms with E-state index in [9.17, 15) is 0 Å². The highest BCUT2D eigenvalue weighted by Gasteiger charge is 2.15. The molecule has 3 rings (SSSR count). The van der Waals surface area contributed by atoms with E-state index in [0.29, 0.717) is 24.0 Å². The number of nitrogens with one attached hydrogen (secondary N) is 1. The van der Waals surface area contributed by atoms with Crippen molar-refractivity contribution in [2.45, 2.75) is 19.8 Å². The number of aryl methyl sites for hydroxylation is 1. The highest BCUT2D eigenvalue weighted by Crippen LogP contribution is 2.21. The van der Waals surface area contributed by atoms with Crippen LogP contribution in [0.4, 0.5) is 0 Å². The Morgan fingerprint density at radius 1 is 1.29 bits per heavy atom. The van der Waals surface area contributed by atoms with Crippen LogP contribution in [0.25, 0.3) is 11.0 Å². The largest absolute Gasteiger partial charge is 0.476 e. The summed E-state index contributed by atoms with van der Waals surface area (Å²) in [6.45, 7) is 4.71. The summed E-state index contributed by atoms with van der Waals surface area (Å²) in [6.07, 6.45) is 2.29. The van der Waals surface area contributed by atoms with Gasteiger partial charge in [-0.2, -0.15) is 5.26 Å². The molecule has 21 heavy (non-hydrogen) atoms. The lowest BCUT2D eigenvalue weighted by atomic mass is 9.99. The molecule has 2 heterocycles. The zero-order valence-electron chi connectivity index (χ0n) is 12.1. The summed E-state index contributed by atoms with van der Waals surface area (Å²) in [6, 6.07) is 7.44. The first-order valence-corrected chi connectivity index (χ1v) is 7.28. The Hall–Kier alpha value is -2.19. The number of nitriles is 1. The predicted molar refractivity (Wildman–Crippen MR) is 80.1 cm³/mol. The molecule has 108 valence electrons. The smallest absolute Gasteiger partial charge is 0.235 e. The fraction of sp³-hybridized carbons (Fsp3) is 0.438. The third kappa shape index (κ3) is 3.11. The zero-order chi connectivity index (χ0) is 14.7. The van der Waals surface area contributed by atoms with Crippen molar-refractivity contribution < 1.29 is 4.74 Å². The number of fused-ring (bicyclic) bond motifs is 1. The van der Waals surface area contributed by atoms with E-state index in [2.05, 4.69) is 21.4 Å². The molecule has 5 heteroatoms. The van der Waals surface area contributed by atoms with Crippen LogP contribution in [0.1, 0.15) is 24.1 Å². The SMILES string of the molecule is Cc1nc2cc(C#N)ccc2nc1OCC1CCNCC1. The number of hydrogen-bond donors (Lipinski definition) is 1. The van der Waals surface area contributed by atoms with Crippen LogP contribution in [0.5, 0.6) is 5.88 Å². The molecule has 1 aromatic carbocycles. The first kappa shape index (κ1) is 13.8. The average molecular weight is 282 g/mol. The van der Waals surface area contributed by atoms with Gasteiger partial charge in [-0.15, -0.1) is 0 Å². The summed E-state index contributed by atoms with van der Waals surface area (Å²) < 4.78 is 5.87. The van der Waals surface area contributed by atoms with Crippen LogP contribution in [-0.4, -0.2) is 29.7 Å². The van der Waals surface area contributed by atoms with E-state index in [0.717, 1.165) is 42.7 Å². The van der Waals surface area contributed by atoms with Crippen molar-refractivity contribution in [3.8, 4) is 11.9 Å². The minimum Gasteiger partial charge on any atom is -0.476 e. The number of nitrogens with zero attached hydrogens (tertiary/aromatic N) is 3. The van der Waals surface area contributed by atoms with Crippen molar-refractivity contribution in [1.82, 2.24) is 15.3 Å². The predicted octanol–water partition coefficient (Wildman–Crippen LogP) is 2.19. The maximum absolute atomic E-state index is 8.92. The minimum absolute atomic E-state index is 0.587. The van der Waals surface area contributed by atoms with Crippen LogP contribution in [0.2, 0.25) is 0 Å². The van der Waals surface area contributed by atoms with Gasteiger partial charge in [-0.3, -0.25) is 0 Å². The topological polar surface area (TPSA) is 70.8 Å². The second-order valence-corrected chi connectivity index (χ2v) is 5.43. The van der Waals surface area contributed by atoms with Gasteiger partial charge in [-0.1, -0.05) is 0 Å². The maximum atomic E-state index is 8.92. The summed E-state index contributed by atoms with van der Waals surface area (Å²) in [7, 11) is 0. The Kier molecular flexibility index (Phi) is 3.98. The highest BCUT2D eigenvalue weighted by molar-refractivity contribution is 5.76. The molecular formula is C16H18N4O. The summed E-state index contributed by atoms with van der Waals surface area (Å²) in [4.78, 5) is 9.02. The van der Waals surface area contributed by atoms with Gasteiger partial charge in [0, 0.05) is 0 Å². The maximum Gasteiger partial charge on any atom is 0.235 e. The van der Waals surface area contributed by atoms with Crippen LogP contribution in [0, 0.1) is 24.2 Å². The van der Waals surface area contributed by atoms with E-state index in [4.69, 9.17) is 10.00 Å². The van der Waals surface area contributed by atoms with Gasteiger partial charge in [0.15, 0.2) is 0 Å². The Morgan fingerprint density at radius 2 is 2.10 bits per heavy atom. The Labute approximate surface area is 124 Å². The Morgan fingerprint density at radius 3 is 2.86 bits per heavy atom. The van der Waals surface area contributed by atoms with Crippen molar-refractivity contribution in [3.05, 3.63) is 29.5 Å². The number of ether oxygens (including phenoxy) is 1. The van der Waals surface area contributed by atoms with Crippen LogP contribution < -0.4 is 10.1 Å². The van der Waals surface area contributed by atoms with Crippen molar-refractivity contribution in [2.24, 2.45) is 5.92 Å². The van der Waals surface area contributed by atoms with Gasteiger partial charge < -0.3 is 10.1 Å². The standard InChI is InChI=1S/C16H18N4O/c1-11-16(21-10-12-4-6-18-7-5-12)20-14-3-2-13(9-17)8-15(14)19-11/h2-3,8,12,18H,4-7,10H2,1H3. The summed E-state index contributed by atoms with van der Waals surface area (Å²) in [5.41, 5.74) is 2.87. The molecular weight excluding hydrogens is 264 g/mol. The molecule has 5 nitrogen and oxygen atoms in total. The van der Waals surface area contributed by atoms with Gasteiger partial charge in [0.25, 0.3) is 0 Å². The van der Waals surface area contributed by atoms with Crippen molar-refractivity contribution in [1.29, 1.82) is 5.26 Å². The minimum atomic E-state index is 0.587. The second kappa shape index (κ2) is 6.06. The third-order valence-corrected chi connectivity index (χ3v) is 3.84. The molecule has 1 aliphatic rings. The van der Waals surface area contributed by atoms with E-state index in [-0.39, 0.29) is 0 Å². The van der Waals surface area contributed by atoms with Crippen LogP contribution >= 0.6 is 0 Å². The zero-order valence-corrected chi connectivity index (χ0v) is 12.1. The molecule has 0 amide bonds. The van der Waals surface area contributed by atoms with Gasteiger partial charge >= 0.3 is 0 Å². The number of hydrogen-bond acceptors (Lipinski definition) is 5. The lowest BCUT2D eigenvalue weighted by molar-refractivity contribution is 0.207. The van der Waals surface area contributed by atoms with Gasteiger partial charge in [-0.25, -0.2) is 9.97 Å². The van der Waals surface area contributed by atoms with Crippen LogP contribution in [-0.2, 0) is 0 Å². The molecule has 0 spiro atoms. The quantitative estimate of drug-likeness (QED) is 0.934. The second-order valence-electron chi connectivity index (χ2n) is 5.43. The molecule has 0 atom stereocenters. The van der Waals surface area contributed by atoms with E-state index in [1.165, 1.54) is 0 Å². The number of aromatic nitrogens is 2. The van der Waals surface area contributed by atoms with Crippen LogP contribution in [0.15, 0.2) is 18.2 Å². The molecule has 1 aromatic heterocycles. The van der Waals surface area contributed by atoms with Gasteiger partial charge in [0.1, 0.15) is 5.69 Å². The lowest BCUT2D eigenvalue weighted by Crippen LogP contribution is -2.30. The molecule has 1 fully saturated rings. The molecule has 0 aliphatic carbocycles. The lowest BCUT2D eigenvalue weighted by Gasteiger charge is -2.22. The molecule has 0 unspecified atom stereocenters. The van der Waals surface area contributed by atoms with Gasteiger partial charge in [0.05, 0.1) is 29.3 Å². The molecule has 1 aliphatic heterocycles. The number of rotatable bonds is 3. The first-order chi connectivity index (χ1) is 10.3. The summed E-state index contributed by atoms with van der Waals surface area (Å²) in [5, 5.41) is 12.3. The number of piperidine rings is 1. The Bertz CT molecular complexity index is 686. The summed E-state index contributed by atoms with van der Waals surface area (Å²) in [5.74, 6) is 1.19. The van der Waals surface area contributed by atoms with Crippen molar-refractivity contribution in [2.75, 3.05) is 19.7 Å². The third-order valence-electron chi connectivity index (χ3n) is 3.84. The van der Waals surface area contributed by atoms with Crippen molar-refractivity contribution >= 4 is 11.0 Å². The molecule has 0 saturated carbocycles.